The van der Waals surface area contributed by atoms with Crippen molar-refractivity contribution in [2.24, 2.45) is 0 Å². The highest BCUT2D eigenvalue weighted by Gasteiger charge is 2.19. The third kappa shape index (κ3) is 5.12. The first kappa shape index (κ1) is 21.5. The Balaban J connectivity index is 1.55. The molecule has 0 aliphatic heterocycles. The number of anilines is 1. The summed E-state index contributed by atoms with van der Waals surface area (Å²) in [6.07, 6.45) is 1.63. The van der Waals surface area contributed by atoms with Gasteiger partial charge in [0.25, 0.3) is 0 Å². The van der Waals surface area contributed by atoms with Crippen molar-refractivity contribution in [1.29, 1.82) is 0 Å². The van der Waals surface area contributed by atoms with Crippen LogP contribution in [0.2, 0.25) is 10.0 Å². The molecule has 1 amide bonds. The summed E-state index contributed by atoms with van der Waals surface area (Å²) in [5, 5.41) is 13.0. The first-order valence-corrected chi connectivity index (χ1v) is 11.1. The average molecular weight is 473 g/mol. The lowest BCUT2D eigenvalue weighted by Crippen LogP contribution is -2.15. The topological polar surface area (TPSA) is 72.9 Å². The van der Waals surface area contributed by atoms with E-state index in [1.54, 1.807) is 24.5 Å². The fraction of sp³-hybridized carbons (Fsp3) is 0.136. The number of nitrogens with one attached hydrogen (secondary N) is 1. The van der Waals surface area contributed by atoms with Crippen molar-refractivity contribution in [1.82, 2.24) is 14.8 Å². The maximum absolute atomic E-state index is 12.5. The van der Waals surface area contributed by atoms with Gasteiger partial charge in [0.2, 0.25) is 5.91 Å². The van der Waals surface area contributed by atoms with Gasteiger partial charge in [0, 0.05) is 5.02 Å². The lowest BCUT2D eigenvalue weighted by Gasteiger charge is -2.11. The van der Waals surface area contributed by atoms with E-state index in [4.69, 9.17) is 27.6 Å². The molecule has 0 bridgehead atoms. The van der Waals surface area contributed by atoms with Gasteiger partial charge in [0.05, 0.1) is 34.8 Å². The van der Waals surface area contributed by atoms with Crippen LogP contribution >= 0.6 is 35.0 Å². The third-order valence-corrected chi connectivity index (χ3v) is 6.07. The number of thioether (sulfide) groups is 1. The van der Waals surface area contributed by atoms with Gasteiger partial charge in [-0.3, -0.25) is 9.36 Å². The van der Waals surface area contributed by atoms with E-state index >= 15 is 0 Å². The molecular formula is C22H18Cl2N4O2S. The molecule has 0 aliphatic rings. The Morgan fingerprint density at radius 2 is 1.94 bits per heavy atom. The minimum absolute atomic E-state index is 0.139. The summed E-state index contributed by atoms with van der Waals surface area (Å²) in [5.74, 6) is 1.37. The molecule has 0 unspecified atom stereocenters. The first-order valence-electron chi connectivity index (χ1n) is 9.40. The molecule has 0 atom stereocenters. The Hall–Kier alpha value is -2.74. The number of nitrogens with zero attached hydrogens (tertiary/aromatic N) is 3. The maximum atomic E-state index is 12.5. The predicted octanol–water partition coefficient (Wildman–Crippen LogP) is 5.93. The Morgan fingerprint density at radius 1 is 1.13 bits per heavy atom. The largest absolute Gasteiger partial charge is 0.469 e. The number of hydrogen-bond acceptors (Lipinski definition) is 5. The molecule has 158 valence electrons. The number of carbonyl (C=O) groups excluding carboxylic acids is 1. The first-order chi connectivity index (χ1) is 15.0. The number of benzene rings is 2. The SMILES string of the molecule is Cc1occc1-c1nnc(SCC(=O)Nc2cc(Cl)ccc2Cl)n1Cc1ccccc1. The summed E-state index contributed by atoms with van der Waals surface area (Å²) in [6, 6.07) is 16.8. The Morgan fingerprint density at radius 3 is 2.68 bits per heavy atom. The molecule has 0 fully saturated rings. The van der Waals surface area contributed by atoms with Gasteiger partial charge in [0.15, 0.2) is 11.0 Å². The second-order valence-corrected chi connectivity index (χ2v) is 8.52. The summed E-state index contributed by atoms with van der Waals surface area (Å²) in [5.41, 5.74) is 2.44. The van der Waals surface area contributed by atoms with E-state index in [0.717, 1.165) is 16.9 Å². The van der Waals surface area contributed by atoms with Crippen LogP contribution in [0.3, 0.4) is 0 Å². The monoisotopic (exact) mass is 472 g/mol. The number of rotatable bonds is 7. The quantitative estimate of drug-likeness (QED) is 0.337. The van der Waals surface area contributed by atoms with Crippen molar-refractivity contribution in [2.45, 2.75) is 18.6 Å². The van der Waals surface area contributed by atoms with E-state index in [0.29, 0.717) is 33.3 Å². The van der Waals surface area contributed by atoms with E-state index in [9.17, 15) is 4.79 Å². The van der Waals surface area contributed by atoms with Gasteiger partial charge < -0.3 is 9.73 Å². The molecule has 0 spiro atoms. The Labute approximate surface area is 193 Å². The predicted molar refractivity (Wildman–Crippen MR) is 124 cm³/mol. The Kier molecular flexibility index (Phi) is 6.65. The molecule has 2 aromatic heterocycles. The number of furan rings is 1. The maximum Gasteiger partial charge on any atom is 0.234 e. The van der Waals surface area contributed by atoms with Gasteiger partial charge in [-0.1, -0.05) is 65.3 Å². The number of carbonyl (C=O) groups is 1. The van der Waals surface area contributed by atoms with Crippen LogP contribution in [0.4, 0.5) is 5.69 Å². The molecular weight excluding hydrogens is 455 g/mol. The normalized spacial score (nSPS) is 10.9. The van der Waals surface area contributed by atoms with Crippen LogP contribution in [0.25, 0.3) is 11.4 Å². The van der Waals surface area contributed by atoms with Crippen molar-refractivity contribution in [2.75, 3.05) is 11.1 Å². The number of aryl methyl sites for hydroxylation is 1. The van der Waals surface area contributed by atoms with Crippen LogP contribution < -0.4 is 5.32 Å². The highest BCUT2D eigenvalue weighted by molar-refractivity contribution is 7.99. The van der Waals surface area contributed by atoms with Crippen molar-refractivity contribution in [3.05, 3.63) is 82.2 Å². The number of aromatic nitrogens is 3. The minimum atomic E-state index is -0.218. The van der Waals surface area contributed by atoms with Gasteiger partial charge in [-0.05, 0) is 36.8 Å². The number of halogens is 2. The molecule has 2 aromatic carbocycles. The van der Waals surface area contributed by atoms with Crippen molar-refractivity contribution in [3.63, 3.8) is 0 Å². The fourth-order valence-electron chi connectivity index (χ4n) is 3.03. The summed E-state index contributed by atoms with van der Waals surface area (Å²) in [7, 11) is 0. The summed E-state index contributed by atoms with van der Waals surface area (Å²) in [6.45, 7) is 2.45. The highest BCUT2D eigenvalue weighted by atomic mass is 35.5. The lowest BCUT2D eigenvalue weighted by molar-refractivity contribution is -0.113. The van der Waals surface area contributed by atoms with Crippen molar-refractivity contribution < 1.29 is 9.21 Å². The Bertz CT molecular complexity index is 1210. The smallest absolute Gasteiger partial charge is 0.234 e. The van der Waals surface area contributed by atoms with Crippen molar-refractivity contribution in [3.8, 4) is 11.4 Å². The van der Waals surface area contributed by atoms with E-state index in [1.165, 1.54) is 11.8 Å². The number of amides is 1. The average Bonchev–Trinajstić information content (AvgIpc) is 3.35. The standard InChI is InChI=1S/C22H18Cl2N4O2S/c1-14-17(9-10-30-14)21-26-27-22(28(21)12-15-5-3-2-4-6-15)31-13-20(29)25-19-11-16(23)7-8-18(19)24/h2-11H,12-13H2,1H3,(H,25,29). The van der Waals surface area contributed by atoms with Gasteiger partial charge in [-0.15, -0.1) is 10.2 Å². The van der Waals surface area contributed by atoms with E-state index in [2.05, 4.69) is 15.5 Å². The number of hydrogen-bond donors (Lipinski definition) is 1. The van der Waals surface area contributed by atoms with Crippen LogP contribution in [-0.4, -0.2) is 26.4 Å². The van der Waals surface area contributed by atoms with Crippen LogP contribution in [0.5, 0.6) is 0 Å². The highest BCUT2D eigenvalue weighted by Crippen LogP contribution is 2.29. The van der Waals surface area contributed by atoms with Crippen LogP contribution in [-0.2, 0) is 11.3 Å². The zero-order chi connectivity index (χ0) is 21.8. The van der Waals surface area contributed by atoms with E-state index in [1.807, 2.05) is 47.9 Å². The second kappa shape index (κ2) is 9.60. The molecule has 4 rings (SSSR count). The third-order valence-electron chi connectivity index (χ3n) is 4.53. The fourth-order valence-corrected chi connectivity index (χ4v) is 4.10. The summed E-state index contributed by atoms with van der Waals surface area (Å²) in [4.78, 5) is 12.5. The molecule has 6 nitrogen and oxygen atoms in total. The molecule has 0 saturated carbocycles. The molecule has 1 N–H and O–H groups in total. The van der Waals surface area contributed by atoms with Crippen LogP contribution in [0.15, 0.2) is 70.4 Å². The molecule has 9 heteroatoms. The molecule has 0 aliphatic carbocycles. The minimum Gasteiger partial charge on any atom is -0.469 e. The summed E-state index contributed by atoms with van der Waals surface area (Å²) >= 11 is 13.4. The summed E-state index contributed by atoms with van der Waals surface area (Å²) < 4.78 is 7.43. The zero-order valence-corrected chi connectivity index (χ0v) is 18.8. The second-order valence-electron chi connectivity index (χ2n) is 6.73. The van der Waals surface area contributed by atoms with Gasteiger partial charge in [-0.2, -0.15) is 0 Å². The molecule has 31 heavy (non-hydrogen) atoms. The molecule has 2 heterocycles. The molecule has 4 aromatic rings. The van der Waals surface area contributed by atoms with Crippen LogP contribution in [0, 0.1) is 6.92 Å². The molecule has 0 saturated heterocycles. The van der Waals surface area contributed by atoms with Gasteiger partial charge in [-0.25, -0.2) is 0 Å². The van der Waals surface area contributed by atoms with E-state index < -0.39 is 0 Å². The van der Waals surface area contributed by atoms with Crippen LogP contribution in [0.1, 0.15) is 11.3 Å². The lowest BCUT2D eigenvalue weighted by atomic mass is 10.2. The van der Waals surface area contributed by atoms with E-state index in [-0.39, 0.29) is 11.7 Å². The molecule has 0 radical (unpaired) electrons. The van der Waals surface area contributed by atoms with Gasteiger partial charge >= 0.3 is 0 Å². The zero-order valence-electron chi connectivity index (χ0n) is 16.5. The van der Waals surface area contributed by atoms with Crippen molar-refractivity contribution >= 4 is 46.6 Å². The van der Waals surface area contributed by atoms with Gasteiger partial charge in [0.1, 0.15) is 5.76 Å².